The molecule has 1 heterocycles. The first-order valence-electron chi connectivity index (χ1n) is 4.56. The Labute approximate surface area is 83.0 Å². The van der Waals surface area contributed by atoms with Crippen molar-refractivity contribution in [2.45, 2.75) is 13.8 Å². The molecule has 3 N–H and O–H groups in total. The minimum Gasteiger partial charge on any atom is -0.399 e. The van der Waals surface area contributed by atoms with Crippen molar-refractivity contribution in [3.05, 3.63) is 35.5 Å². The van der Waals surface area contributed by atoms with Crippen LogP contribution in [0.1, 0.15) is 11.3 Å². The number of aryl methyl sites for hydroxylation is 1. The zero-order valence-corrected chi connectivity index (χ0v) is 8.33. The second kappa shape index (κ2) is 3.18. The fourth-order valence-corrected chi connectivity index (χ4v) is 1.45. The first-order valence-corrected chi connectivity index (χ1v) is 4.56. The van der Waals surface area contributed by atoms with E-state index in [0.29, 0.717) is 0 Å². The van der Waals surface area contributed by atoms with Crippen LogP contribution in [0.15, 0.2) is 24.3 Å². The average Bonchev–Trinajstić information content (AvgIpc) is 2.48. The Morgan fingerprint density at radius 2 is 2.07 bits per heavy atom. The van der Waals surface area contributed by atoms with Crippen LogP contribution in [0.2, 0.25) is 0 Å². The zero-order valence-electron chi connectivity index (χ0n) is 8.33. The summed E-state index contributed by atoms with van der Waals surface area (Å²) >= 11 is 0. The molecule has 0 bridgehead atoms. The van der Waals surface area contributed by atoms with Crippen molar-refractivity contribution in [2.75, 3.05) is 5.73 Å². The molecule has 0 aliphatic carbocycles. The van der Waals surface area contributed by atoms with Crippen molar-refractivity contribution in [3.8, 4) is 11.3 Å². The third kappa shape index (κ3) is 1.37. The summed E-state index contributed by atoms with van der Waals surface area (Å²) in [6.45, 7) is 4.06. The largest absolute Gasteiger partial charge is 0.399 e. The number of anilines is 1. The number of rotatable bonds is 1. The molecule has 0 amide bonds. The number of nitrogen functional groups attached to an aromatic ring is 1. The van der Waals surface area contributed by atoms with E-state index in [2.05, 4.69) is 17.1 Å². The molecule has 72 valence electrons. The lowest BCUT2D eigenvalue weighted by Gasteiger charge is -1.99. The Kier molecular flexibility index (Phi) is 2.00. The molecule has 2 aromatic rings. The van der Waals surface area contributed by atoms with E-state index in [4.69, 9.17) is 5.73 Å². The molecule has 0 saturated heterocycles. The zero-order chi connectivity index (χ0) is 10.1. The summed E-state index contributed by atoms with van der Waals surface area (Å²) in [5.41, 5.74) is 10.8. The molecule has 0 saturated carbocycles. The van der Waals surface area contributed by atoms with Gasteiger partial charge in [0.2, 0.25) is 0 Å². The molecule has 2 rings (SSSR count). The maximum atomic E-state index is 5.71. The minimum atomic E-state index is 0.766. The molecule has 0 aliphatic rings. The van der Waals surface area contributed by atoms with Crippen molar-refractivity contribution in [2.24, 2.45) is 0 Å². The third-order valence-corrected chi connectivity index (χ3v) is 2.41. The number of hydrogen-bond donors (Lipinski definition) is 2. The van der Waals surface area contributed by atoms with Gasteiger partial charge >= 0.3 is 0 Å². The third-order valence-electron chi connectivity index (χ3n) is 2.41. The predicted octanol–water partition coefficient (Wildman–Crippen LogP) is 2.28. The van der Waals surface area contributed by atoms with E-state index in [1.807, 2.05) is 31.2 Å². The molecule has 3 nitrogen and oxygen atoms in total. The first-order chi connectivity index (χ1) is 6.68. The van der Waals surface area contributed by atoms with E-state index in [1.165, 1.54) is 5.56 Å². The van der Waals surface area contributed by atoms with Gasteiger partial charge in [0.1, 0.15) is 0 Å². The Balaban J connectivity index is 2.55. The van der Waals surface area contributed by atoms with Crippen molar-refractivity contribution < 1.29 is 0 Å². The number of H-pyrrole nitrogens is 1. The van der Waals surface area contributed by atoms with Crippen molar-refractivity contribution in [3.63, 3.8) is 0 Å². The summed E-state index contributed by atoms with van der Waals surface area (Å²) in [6.07, 6.45) is 0. The van der Waals surface area contributed by atoms with Crippen molar-refractivity contribution in [1.29, 1.82) is 0 Å². The summed E-state index contributed by atoms with van der Waals surface area (Å²) in [5.74, 6) is 0. The van der Waals surface area contributed by atoms with E-state index in [1.54, 1.807) is 0 Å². The van der Waals surface area contributed by atoms with Crippen LogP contribution < -0.4 is 5.73 Å². The highest BCUT2D eigenvalue weighted by atomic mass is 15.1. The van der Waals surface area contributed by atoms with E-state index in [0.717, 1.165) is 22.6 Å². The van der Waals surface area contributed by atoms with Gasteiger partial charge in [0.25, 0.3) is 0 Å². The molecule has 0 aliphatic heterocycles. The molecule has 0 spiro atoms. The number of nitrogens with two attached hydrogens (primary N) is 1. The van der Waals surface area contributed by atoms with Gasteiger partial charge < -0.3 is 5.73 Å². The lowest BCUT2D eigenvalue weighted by atomic mass is 10.1. The Morgan fingerprint density at radius 3 is 2.64 bits per heavy atom. The second-order valence-corrected chi connectivity index (χ2v) is 3.45. The van der Waals surface area contributed by atoms with Gasteiger partial charge in [-0.05, 0) is 31.5 Å². The summed E-state index contributed by atoms with van der Waals surface area (Å²) < 4.78 is 0. The Bertz CT molecular complexity index is 457. The van der Waals surface area contributed by atoms with Gasteiger partial charge in [0, 0.05) is 16.9 Å². The summed E-state index contributed by atoms with van der Waals surface area (Å²) in [6, 6.07) is 7.76. The molecule has 0 atom stereocenters. The maximum Gasteiger partial charge on any atom is 0.0953 e. The quantitative estimate of drug-likeness (QED) is 0.673. The second-order valence-electron chi connectivity index (χ2n) is 3.45. The van der Waals surface area contributed by atoms with Crippen molar-refractivity contribution >= 4 is 5.69 Å². The Hall–Kier alpha value is -1.77. The van der Waals surface area contributed by atoms with Crippen LogP contribution in [0, 0.1) is 13.8 Å². The fraction of sp³-hybridized carbons (Fsp3) is 0.182. The van der Waals surface area contributed by atoms with Crippen LogP contribution in [0.5, 0.6) is 0 Å². The number of benzene rings is 1. The summed E-state index contributed by atoms with van der Waals surface area (Å²) in [5, 5.41) is 7.21. The van der Waals surface area contributed by atoms with Gasteiger partial charge in [-0.3, -0.25) is 5.10 Å². The molecule has 1 aromatic heterocycles. The van der Waals surface area contributed by atoms with Gasteiger partial charge in [0.05, 0.1) is 5.69 Å². The fourth-order valence-electron chi connectivity index (χ4n) is 1.45. The highest BCUT2D eigenvalue weighted by Crippen LogP contribution is 2.23. The normalized spacial score (nSPS) is 10.4. The molecular weight excluding hydrogens is 174 g/mol. The number of nitrogens with one attached hydrogen (secondary N) is 1. The van der Waals surface area contributed by atoms with Crippen LogP contribution in [-0.4, -0.2) is 10.2 Å². The highest BCUT2D eigenvalue weighted by Gasteiger charge is 2.07. The van der Waals surface area contributed by atoms with Gasteiger partial charge in [-0.2, -0.15) is 5.10 Å². The lowest BCUT2D eigenvalue weighted by molar-refractivity contribution is 1.05. The molecule has 0 unspecified atom stereocenters. The van der Waals surface area contributed by atoms with E-state index in [-0.39, 0.29) is 0 Å². The van der Waals surface area contributed by atoms with Crippen LogP contribution in [0.4, 0.5) is 5.69 Å². The van der Waals surface area contributed by atoms with E-state index < -0.39 is 0 Å². The smallest absolute Gasteiger partial charge is 0.0953 e. The van der Waals surface area contributed by atoms with Crippen LogP contribution in [0.3, 0.4) is 0 Å². The molecule has 0 fully saturated rings. The van der Waals surface area contributed by atoms with Crippen molar-refractivity contribution in [1.82, 2.24) is 10.2 Å². The molecular formula is C11H13N3. The van der Waals surface area contributed by atoms with Gasteiger partial charge in [-0.1, -0.05) is 12.1 Å². The summed E-state index contributed by atoms with van der Waals surface area (Å²) in [7, 11) is 0. The molecule has 1 aromatic carbocycles. The predicted molar refractivity (Wildman–Crippen MR) is 57.9 cm³/mol. The first kappa shape index (κ1) is 8.81. The van der Waals surface area contributed by atoms with Gasteiger partial charge in [-0.15, -0.1) is 0 Å². The standard InChI is InChI=1S/C11H13N3/c1-7-8(2)13-14-11(7)9-4-3-5-10(12)6-9/h3-6H,12H2,1-2H3,(H,13,14). The number of aromatic nitrogens is 2. The van der Waals surface area contributed by atoms with Gasteiger partial charge in [0.15, 0.2) is 0 Å². The molecule has 3 heteroatoms. The SMILES string of the molecule is Cc1[nH]nc(-c2cccc(N)c2)c1C. The number of aromatic amines is 1. The molecule has 14 heavy (non-hydrogen) atoms. The topological polar surface area (TPSA) is 54.7 Å². The number of nitrogens with zero attached hydrogens (tertiary/aromatic N) is 1. The van der Waals surface area contributed by atoms with E-state index in [9.17, 15) is 0 Å². The molecule has 0 radical (unpaired) electrons. The Morgan fingerprint density at radius 1 is 1.29 bits per heavy atom. The maximum absolute atomic E-state index is 5.71. The van der Waals surface area contributed by atoms with E-state index >= 15 is 0 Å². The van der Waals surface area contributed by atoms with Gasteiger partial charge in [-0.25, -0.2) is 0 Å². The highest BCUT2D eigenvalue weighted by molar-refractivity contribution is 5.67. The monoisotopic (exact) mass is 187 g/mol. The van der Waals surface area contributed by atoms with Crippen LogP contribution in [0.25, 0.3) is 11.3 Å². The minimum absolute atomic E-state index is 0.766. The summed E-state index contributed by atoms with van der Waals surface area (Å²) in [4.78, 5) is 0. The number of hydrogen-bond acceptors (Lipinski definition) is 2. The lowest BCUT2D eigenvalue weighted by Crippen LogP contribution is -1.86. The average molecular weight is 187 g/mol. The van der Waals surface area contributed by atoms with Crippen LogP contribution >= 0.6 is 0 Å². The van der Waals surface area contributed by atoms with Crippen LogP contribution in [-0.2, 0) is 0 Å².